The SMILES string of the molecule is COCCNC(=O)CCc1nnc(-c2cccc(OCC3CC3)c2)[nH]c1=O. The van der Waals surface area contributed by atoms with Crippen LogP contribution in [0.15, 0.2) is 29.1 Å². The minimum atomic E-state index is -0.339. The average Bonchev–Trinajstić information content (AvgIpc) is 3.50. The van der Waals surface area contributed by atoms with Gasteiger partial charge in [0.25, 0.3) is 5.56 Å². The van der Waals surface area contributed by atoms with Gasteiger partial charge in [0.15, 0.2) is 5.82 Å². The number of ether oxygens (including phenoxy) is 2. The second kappa shape index (κ2) is 9.27. The molecule has 0 bridgehead atoms. The Balaban J connectivity index is 1.59. The number of benzene rings is 1. The van der Waals surface area contributed by atoms with Gasteiger partial charge in [0, 0.05) is 32.1 Å². The monoisotopic (exact) mass is 372 g/mol. The normalized spacial score (nSPS) is 13.4. The predicted molar refractivity (Wildman–Crippen MR) is 99.5 cm³/mol. The Morgan fingerprint density at radius 1 is 1.33 bits per heavy atom. The van der Waals surface area contributed by atoms with Crippen LogP contribution in [0, 0.1) is 5.92 Å². The highest BCUT2D eigenvalue weighted by atomic mass is 16.5. The van der Waals surface area contributed by atoms with Crippen LogP contribution in [0.5, 0.6) is 5.75 Å². The molecule has 0 atom stereocenters. The average molecular weight is 372 g/mol. The zero-order valence-corrected chi connectivity index (χ0v) is 15.4. The van der Waals surface area contributed by atoms with Gasteiger partial charge in [0.1, 0.15) is 11.4 Å². The van der Waals surface area contributed by atoms with Gasteiger partial charge in [-0.25, -0.2) is 0 Å². The quantitative estimate of drug-likeness (QED) is 0.609. The van der Waals surface area contributed by atoms with Crippen LogP contribution in [0.4, 0.5) is 0 Å². The fourth-order valence-electron chi connectivity index (χ4n) is 2.50. The van der Waals surface area contributed by atoms with Gasteiger partial charge in [-0.1, -0.05) is 12.1 Å². The Kier molecular flexibility index (Phi) is 6.54. The second-order valence-electron chi connectivity index (χ2n) is 6.57. The minimum Gasteiger partial charge on any atom is -0.493 e. The number of aryl methyl sites for hydroxylation is 1. The van der Waals surface area contributed by atoms with Gasteiger partial charge >= 0.3 is 0 Å². The largest absolute Gasteiger partial charge is 0.493 e. The van der Waals surface area contributed by atoms with Gasteiger partial charge in [0.2, 0.25) is 5.91 Å². The van der Waals surface area contributed by atoms with Crippen molar-refractivity contribution in [2.45, 2.75) is 25.7 Å². The molecule has 1 saturated carbocycles. The fraction of sp³-hybridized carbons (Fsp3) is 0.474. The first-order valence-corrected chi connectivity index (χ1v) is 9.10. The van der Waals surface area contributed by atoms with Gasteiger partial charge in [-0.05, 0) is 30.9 Å². The minimum absolute atomic E-state index is 0.155. The molecule has 1 aromatic carbocycles. The molecule has 0 aliphatic heterocycles. The number of aromatic nitrogens is 3. The number of methoxy groups -OCH3 is 1. The number of aromatic amines is 1. The summed E-state index contributed by atoms with van der Waals surface area (Å²) in [7, 11) is 1.57. The Morgan fingerprint density at radius 2 is 2.19 bits per heavy atom. The molecular formula is C19H24N4O4. The van der Waals surface area contributed by atoms with E-state index < -0.39 is 0 Å². The van der Waals surface area contributed by atoms with Crippen molar-refractivity contribution in [3.63, 3.8) is 0 Å². The Labute approximate surface area is 157 Å². The fourth-order valence-corrected chi connectivity index (χ4v) is 2.50. The lowest BCUT2D eigenvalue weighted by Gasteiger charge is -2.07. The van der Waals surface area contributed by atoms with Crippen LogP contribution in [-0.2, 0) is 16.0 Å². The molecule has 1 aliphatic carbocycles. The summed E-state index contributed by atoms with van der Waals surface area (Å²) in [4.78, 5) is 26.7. The van der Waals surface area contributed by atoms with Crippen LogP contribution in [-0.4, -0.2) is 48.0 Å². The highest BCUT2D eigenvalue weighted by molar-refractivity contribution is 5.76. The van der Waals surface area contributed by atoms with E-state index in [-0.39, 0.29) is 30.0 Å². The molecule has 2 N–H and O–H groups in total. The van der Waals surface area contributed by atoms with Crippen LogP contribution in [0.3, 0.4) is 0 Å². The Hall–Kier alpha value is -2.74. The molecule has 3 rings (SSSR count). The van der Waals surface area contributed by atoms with E-state index in [1.165, 1.54) is 12.8 Å². The van der Waals surface area contributed by atoms with E-state index in [9.17, 15) is 9.59 Å². The Bertz CT molecular complexity index is 832. The van der Waals surface area contributed by atoms with Crippen LogP contribution in [0.2, 0.25) is 0 Å². The maximum absolute atomic E-state index is 12.3. The molecule has 0 saturated heterocycles. The summed E-state index contributed by atoms with van der Waals surface area (Å²) in [6.07, 6.45) is 2.85. The van der Waals surface area contributed by atoms with Crippen LogP contribution in [0.1, 0.15) is 25.0 Å². The first kappa shape index (κ1) is 19.0. The number of carbonyl (C=O) groups excluding carboxylic acids is 1. The molecule has 27 heavy (non-hydrogen) atoms. The van der Waals surface area contributed by atoms with E-state index in [2.05, 4.69) is 20.5 Å². The van der Waals surface area contributed by atoms with Crippen molar-refractivity contribution in [3.05, 3.63) is 40.3 Å². The third-order valence-corrected chi connectivity index (χ3v) is 4.27. The van der Waals surface area contributed by atoms with E-state index >= 15 is 0 Å². The van der Waals surface area contributed by atoms with E-state index in [0.29, 0.717) is 24.9 Å². The summed E-state index contributed by atoms with van der Waals surface area (Å²) in [6, 6.07) is 7.42. The summed E-state index contributed by atoms with van der Waals surface area (Å²) >= 11 is 0. The molecule has 2 aromatic rings. The lowest BCUT2D eigenvalue weighted by atomic mass is 10.2. The lowest BCUT2D eigenvalue weighted by Crippen LogP contribution is -2.28. The van der Waals surface area contributed by atoms with Crippen molar-refractivity contribution in [1.82, 2.24) is 20.5 Å². The molecule has 1 amide bonds. The summed E-state index contributed by atoms with van der Waals surface area (Å²) in [5.74, 6) is 1.64. The van der Waals surface area contributed by atoms with E-state index in [0.717, 1.165) is 17.9 Å². The first-order valence-electron chi connectivity index (χ1n) is 9.10. The number of rotatable bonds is 10. The second-order valence-corrected chi connectivity index (χ2v) is 6.57. The van der Waals surface area contributed by atoms with Crippen molar-refractivity contribution in [3.8, 4) is 17.1 Å². The van der Waals surface area contributed by atoms with Gasteiger partial charge in [-0.3, -0.25) is 9.59 Å². The van der Waals surface area contributed by atoms with E-state index in [4.69, 9.17) is 9.47 Å². The van der Waals surface area contributed by atoms with Crippen LogP contribution < -0.4 is 15.6 Å². The van der Waals surface area contributed by atoms with Crippen molar-refractivity contribution < 1.29 is 14.3 Å². The van der Waals surface area contributed by atoms with E-state index in [1.807, 2.05) is 24.3 Å². The highest BCUT2D eigenvalue weighted by Gasteiger charge is 2.22. The zero-order valence-electron chi connectivity index (χ0n) is 15.4. The van der Waals surface area contributed by atoms with Crippen molar-refractivity contribution >= 4 is 5.91 Å². The summed E-state index contributed by atoms with van der Waals surface area (Å²) in [6.45, 7) is 1.61. The van der Waals surface area contributed by atoms with Crippen molar-refractivity contribution in [1.29, 1.82) is 0 Å². The van der Waals surface area contributed by atoms with Crippen LogP contribution in [0.25, 0.3) is 11.4 Å². The summed E-state index contributed by atoms with van der Waals surface area (Å²) in [5.41, 5.74) is 0.632. The number of H-pyrrole nitrogens is 1. The molecular weight excluding hydrogens is 348 g/mol. The number of nitrogens with one attached hydrogen (secondary N) is 2. The molecule has 1 fully saturated rings. The molecule has 1 aromatic heterocycles. The van der Waals surface area contributed by atoms with Crippen LogP contribution >= 0.6 is 0 Å². The smallest absolute Gasteiger partial charge is 0.273 e. The molecule has 8 heteroatoms. The van der Waals surface area contributed by atoms with Crippen molar-refractivity contribution in [2.24, 2.45) is 5.92 Å². The van der Waals surface area contributed by atoms with Gasteiger partial charge in [-0.15, -0.1) is 10.2 Å². The maximum Gasteiger partial charge on any atom is 0.273 e. The number of nitrogens with zero attached hydrogens (tertiary/aromatic N) is 2. The van der Waals surface area contributed by atoms with E-state index in [1.54, 1.807) is 7.11 Å². The highest BCUT2D eigenvalue weighted by Crippen LogP contribution is 2.30. The molecule has 1 aliphatic rings. The molecule has 0 unspecified atom stereocenters. The molecule has 144 valence electrons. The van der Waals surface area contributed by atoms with Gasteiger partial charge < -0.3 is 19.8 Å². The summed E-state index contributed by atoms with van der Waals surface area (Å²) < 4.78 is 10.6. The van der Waals surface area contributed by atoms with Gasteiger partial charge in [0.05, 0.1) is 13.2 Å². The van der Waals surface area contributed by atoms with Gasteiger partial charge in [-0.2, -0.15) is 0 Å². The number of amides is 1. The topological polar surface area (TPSA) is 106 Å². The molecule has 0 radical (unpaired) electrons. The standard InChI is InChI=1S/C19H24N4O4/c1-26-10-9-20-17(24)8-7-16-19(25)21-18(23-22-16)14-3-2-4-15(11-14)27-12-13-5-6-13/h2-4,11,13H,5-10,12H2,1H3,(H,20,24)(H,21,23,25). The first-order chi connectivity index (χ1) is 13.2. The molecule has 8 nitrogen and oxygen atoms in total. The lowest BCUT2D eigenvalue weighted by molar-refractivity contribution is -0.121. The molecule has 0 spiro atoms. The third kappa shape index (κ3) is 5.89. The predicted octanol–water partition coefficient (Wildman–Crippen LogP) is 1.32. The number of hydrogen-bond acceptors (Lipinski definition) is 6. The van der Waals surface area contributed by atoms with Crippen molar-refractivity contribution in [2.75, 3.05) is 26.9 Å². The Morgan fingerprint density at radius 3 is 2.93 bits per heavy atom. The number of carbonyl (C=O) groups is 1. The zero-order chi connectivity index (χ0) is 19.1. The summed E-state index contributed by atoms with van der Waals surface area (Å²) in [5, 5.41) is 10.8. The third-order valence-electron chi connectivity index (χ3n) is 4.27. The maximum atomic E-state index is 12.3. The number of hydrogen-bond donors (Lipinski definition) is 2. The molecule has 1 heterocycles.